The summed E-state index contributed by atoms with van der Waals surface area (Å²) in [5.74, 6) is -1.70. The second-order valence-corrected chi connectivity index (χ2v) is 5.81. The van der Waals surface area contributed by atoms with E-state index in [2.05, 4.69) is 26.3 Å². The number of halogens is 7. The Balaban J connectivity index is 2.24. The maximum Gasteiger partial charge on any atom is 0.283 e. The van der Waals surface area contributed by atoms with E-state index in [1.54, 1.807) is 0 Å². The Hall–Kier alpha value is -1.68. The van der Waals surface area contributed by atoms with Gasteiger partial charge in [-0.3, -0.25) is 9.48 Å². The predicted octanol–water partition coefficient (Wildman–Crippen LogP) is 4.95. The number of hydrogen-bond acceptors (Lipinski definition) is 2. The molecule has 2 rings (SSSR count). The maximum absolute atomic E-state index is 13.6. The highest BCUT2D eigenvalue weighted by Gasteiger charge is 2.28. The van der Waals surface area contributed by atoms with E-state index < -0.39 is 47.5 Å². The van der Waals surface area contributed by atoms with Crippen LogP contribution in [0.2, 0.25) is 5.02 Å². The van der Waals surface area contributed by atoms with Crippen LogP contribution in [-0.2, 0) is 11.3 Å². The van der Waals surface area contributed by atoms with Gasteiger partial charge in [0.05, 0.1) is 10.7 Å². The quantitative estimate of drug-likeness (QED) is 0.680. The van der Waals surface area contributed by atoms with Gasteiger partial charge in [-0.15, -0.1) is 0 Å². The van der Waals surface area contributed by atoms with Gasteiger partial charge in [0.1, 0.15) is 23.7 Å². The molecular formula is C13H8BrClF5N3O. The summed E-state index contributed by atoms with van der Waals surface area (Å²) in [6, 6.07) is 3.77. The van der Waals surface area contributed by atoms with E-state index >= 15 is 0 Å². The van der Waals surface area contributed by atoms with Crippen molar-refractivity contribution in [3.63, 3.8) is 0 Å². The number of benzene rings is 1. The molecule has 0 aliphatic rings. The molecular weight excluding hydrogens is 425 g/mol. The largest absolute Gasteiger partial charge is 0.322 e. The molecule has 0 bridgehead atoms. The van der Waals surface area contributed by atoms with Gasteiger partial charge in [-0.25, -0.2) is 22.0 Å². The number of hydrogen-bond donors (Lipinski definition) is 1. The third kappa shape index (κ3) is 4.04. The van der Waals surface area contributed by atoms with Crippen molar-refractivity contribution in [2.24, 2.45) is 0 Å². The topological polar surface area (TPSA) is 46.9 Å². The van der Waals surface area contributed by atoms with Crippen molar-refractivity contribution in [1.29, 1.82) is 0 Å². The molecule has 0 saturated heterocycles. The van der Waals surface area contributed by atoms with E-state index in [9.17, 15) is 26.7 Å². The van der Waals surface area contributed by atoms with Crippen LogP contribution in [0.3, 0.4) is 0 Å². The third-order valence-corrected chi connectivity index (χ3v) is 3.75. The molecule has 0 aliphatic heterocycles. The monoisotopic (exact) mass is 431 g/mol. The van der Waals surface area contributed by atoms with Crippen LogP contribution < -0.4 is 5.32 Å². The summed E-state index contributed by atoms with van der Waals surface area (Å²) in [5, 5.41) is 4.48. The van der Waals surface area contributed by atoms with E-state index in [0.717, 1.165) is 6.07 Å². The first-order chi connectivity index (χ1) is 11.2. The van der Waals surface area contributed by atoms with Gasteiger partial charge in [0.2, 0.25) is 5.91 Å². The zero-order valence-electron chi connectivity index (χ0n) is 11.5. The number of rotatable bonds is 5. The van der Waals surface area contributed by atoms with Crippen molar-refractivity contribution in [1.82, 2.24) is 9.78 Å². The van der Waals surface area contributed by atoms with E-state index in [-0.39, 0.29) is 5.69 Å². The molecule has 1 amide bonds. The number of anilines is 1. The molecule has 2 aromatic rings. The van der Waals surface area contributed by atoms with Crippen LogP contribution in [0.1, 0.15) is 24.2 Å². The molecule has 130 valence electrons. The van der Waals surface area contributed by atoms with Gasteiger partial charge in [-0.1, -0.05) is 27.5 Å². The van der Waals surface area contributed by atoms with E-state index in [1.165, 1.54) is 12.1 Å². The average Bonchev–Trinajstić information content (AvgIpc) is 2.78. The number of aromatic nitrogens is 2. The summed E-state index contributed by atoms with van der Waals surface area (Å²) in [4.78, 5) is 11.9. The van der Waals surface area contributed by atoms with Crippen LogP contribution >= 0.6 is 27.5 Å². The summed E-state index contributed by atoms with van der Waals surface area (Å²) in [6.07, 6.45) is -6.39. The maximum atomic E-state index is 13.6. The second-order valence-electron chi connectivity index (χ2n) is 4.52. The molecule has 0 radical (unpaired) electrons. The molecule has 1 N–H and O–H groups in total. The molecule has 0 aliphatic carbocycles. The van der Waals surface area contributed by atoms with Crippen LogP contribution in [0.25, 0.3) is 0 Å². The Morgan fingerprint density at radius 1 is 1.29 bits per heavy atom. The van der Waals surface area contributed by atoms with E-state index in [1.807, 2.05) is 0 Å². The molecule has 1 aromatic heterocycles. The van der Waals surface area contributed by atoms with Crippen molar-refractivity contribution >= 4 is 39.1 Å². The number of alkyl halides is 4. The van der Waals surface area contributed by atoms with E-state index in [4.69, 9.17) is 11.6 Å². The number of amides is 1. The Bertz CT molecular complexity index is 768. The minimum Gasteiger partial charge on any atom is -0.322 e. The summed E-state index contributed by atoms with van der Waals surface area (Å²) in [7, 11) is 0. The van der Waals surface area contributed by atoms with Gasteiger partial charge in [0, 0.05) is 4.47 Å². The SMILES string of the molecule is O=C(Cn1nc(C(F)F)c(Cl)c1C(F)F)Nc1ccc(Br)cc1F. The molecule has 0 unspecified atom stereocenters. The Labute approximate surface area is 145 Å². The van der Waals surface area contributed by atoms with Crippen LogP contribution in [0.15, 0.2) is 22.7 Å². The van der Waals surface area contributed by atoms with Crippen molar-refractivity contribution < 1.29 is 26.7 Å². The fraction of sp³-hybridized carbons (Fsp3) is 0.231. The predicted molar refractivity (Wildman–Crippen MR) is 79.9 cm³/mol. The number of carbonyl (C=O) groups excluding carboxylic acids is 1. The van der Waals surface area contributed by atoms with Gasteiger partial charge in [-0.05, 0) is 18.2 Å². The summed E-state index contributed by atoms with van der Waals surface area (Å²) < 4.78 is 65.8. The van der Waals surface area contributed by atoms with Crippen molar-refractivity contribution in [3.8, 4) is 0 Å². The van der Waals surface area contributed by atoms with Gasteiger partial charge >= 0.3 is 0 Å². The molecule has 4 nitrogen and oxygen atoms in total. The minimum absolute atomic E-state index is 0.200. The third-order valence-electron chi connectivity index (χ3n) is 2.87. The van der Waals surface area contributed by atoms with Crippen LogP contribution in [0.4, 0.5) is 27.6 Å². The van der Waals surface area contributed by atoms with Crippen molar-refractivity contribution in [2.75, 3.05) is 5.32 Å². The summed E-state index contributed by atoms with van der Waals surface area (Å²) >= 11 is 8.50. The van der Waals surface area contributed by atoms with Gasteiger partial charge in [0.15, 0.2) is 0 Å². The number of nitrogens with one attached hydrogen (secondary N) is 1. The summed E-state index contributed by atoms with van der Waals surface area (Å²) in [6.45, 7) is -0.832. The molecule has 0 spiro atoms. The lowest BCUT2D eigenvalue weighted by Crippen LogP contribution is -2.21. The molecule has 24 heavy (non-hydrogen) atoms. The van der Waals surface area contributed by atoms with Gasteiger partial charge < -0.3 is 5.32 Å². The Morgan fingerprint density at radius 3 is 2.50 bits per heavy atom. The zero-order valence-corrected chi connectivity index (χ0v) is 13.9. The first-order valence-electron chi connectivity index (χ1n) is 6.28. The molecule has 0 atom stereocenters. The summed E-state index contributed by atoms with van der Waals surface area (Å²) in [5.41, 5.74) is -2.25. The Morgan fingerprint density at radius 2 is 1.96 bits per heavy atom. The second kappa shape index (κ2) is 7.47. The first kappa shape index (κ1) is 18.7. The number of carbonyl (C=O) groups is 1. The smallest absolute Gasteiger partial charge is 0.283 e. The first-order valence-corrected chi connectivity index (χ1v) is 7.45. The lowest BCUT2D eigenvalue weighted by Gasteiger charge is -2.09. The number of nitrogens with zero attached hydrogens (tertiary/aromatic N) is 2. The van der Waals surface area contributed by atoms with Gasteiger partial charge in [0.25, 0.3) is 12.9 Å². The highest BCUT2D eigenvalue weighted by Crippen LogP contribution is 2.34. The minimum atomic E-state index is -3.21. The highest BCUT2D eigenvalue weighted by molar-refractivity contribution is 9.10. The molecule has 1 aromatic carbocycles. The average molecular weight is 433 g/mol. The standard InChI is InChI=1S/C13H8BrClF5N3O/c14-5-1-2-7(6(16)3-5)21-8(24)4-23-11(13(19)20)9(15)10(22-23)12(17)18/h1-3,12-13H,4H2,(H,21,24). The molecule has 11 heteroatoms. The van der Waals surface area contributed by atoms with E-state index in [0.29, 0.717) is 9.15 Å². The lowest BCUT2D eigenvalue weighted by molar-refractivity contribution is -0.117. The fourth-order valence-corrected chi connectivity index (χ4v) is 2.49. The van der Waals surface area contributed by atoms with Crippen molar-refractivity contribution in [3.05, 3.63) is 44.9 Å². The van der Waals surface area contributed by atoms with Crippen LogP contribution in [-0.4, -0.2) is 15.7 Å². The van der Waals surface area contributed by atoms with Crippen LogP contribution in [0, 0.1) is 5.82 Å². The highest BCUT2D eigenvalue weighted by atomic mass is 79.9. The molecule has 1 heterocycles. The van der Waals surface area contributed by atoms with Crippen LogP contribution in [0.5, 0.6) is 0 Å². The van der Waals surface area contributed by atoms with Crippen molar-refractivity contribution in [2.45, 2.75) is 19.4 Å². The zero-order chi connectivity index (χ0) is 18.0. The Kier molecular flexibility index (Phi) is 5.81. The lowest BCUT2D eigenvalue weighted by atomic mass is 10.3. The fourth-order valence-electron chi connectivity index (χ4n) is 1.86. The molecule has 0 fully saturated rings. The molecule has 0 saturated carbocycles. The van der Waals surface area contributed by atoms with Gasteiger partial charge in [-0.2, -0.15) is 5.10 Å². The normalized spacial score (nSPS) is 11.4.